The van der Waals surface area contributed by atoms with Gasteiger partial charge in [0, 0.05) is 30.5 Å². The van der Waals surface area contributed by atoms with Crippen molar-refractivity contribution in [1.29, 1.82) is 0 Å². The van der Waals surface area contributed by atoms with E-state index in [2.05, 4.69) is 32.3 Å². The number of rotatable bonds is 7. The topological polar surface area (TPSA) is 84.7 Å². The highest BCUT2D eigenvalue weighted by Crippen LogP contribution is 2.24. The minimum absolute atomic E-state index is 0.215. The summed E-state index contributed by atoms with van der Waals surface area (Å²) in [5.41, 5.74) is 3.38. The van der Waals surface area contributed by atoms with Gasteiger partial charge in [0.05, 0.1) is 17.6 Å². The highest BCUT2D eigenvalue weighted by atomic mass is 19.1. The molecular formula is C21H23FN6O. The van der Waals surface area contributed by atoms with Crippen LogP contribution in [0.3, 0.4) is 0 Å². The first-order valence-electron chi connectivity index (χ1n) is 9.21. The van der Waals surface area contributed by atoms with Gasteiger partial charge >= 0.3 is 0 Å². The summed E-state index contributed by atoms with van der Waals surface area (Å²) >= 11 is 0. The van der Waals surface area contributed by atoms with Gasteiger partial charge in [0.15, 0.2) is 0 Å². The van der Waals surface area contributed by atoms with Crippen LogP contribution in [0, 0.1) is 12.7 Å². The molecule has 7 nitrogen and oxygen atoms in total. The van der Waals surface area contributed by atoms with Crippen molar-refractivity contribution >= 4 is 17.5 Å². The summed E-state index contributed by atoms with van der Waals surface area (Å²) in [6.45, 7) is 9.61. The Morgan fingerprint density at radius 1 is 1.34 bits per heavy atom. The van der Waals surface area contributed by atoms with E-state index in [1.807, 2.05) is 31.6 Å². The highest BCUT2D eigenvalue weighted by Gasteiger charge is 2.12. The molecule has 0 fully saturated rings. The third kappa shape index (κ3) is 4.84. The molecule has 8 heteroatoms. The van der Waals surface area contributed by atoms with E-state index in [0.717, 1.165) is 16.8 Å². The summed E-state index contributed by atoms with van der Waals surface area (Å²) in [4.78, 5) is 20.0. The number of carbonyl (C=O) groups excluding carboxylic acids is 1. The Balaban J connectivity index is 1.79. The van der Waals surface area contributed by atoms with E-state index in [1.165, 1.54) is 12.1 Å². The molecule has 2 heterocycles. The molecule has 0 radical (unpaired) electrons. The number of benzene rings is 1. The van der Waals surface area contributed by atoms with E-state index < -0.39 is 5.82 Å². The molecular weight excluding hydrogens is 371 g/mol. The van der Waals surface area contributed by atoms with Crippen molar-refractivity contribution in [2.24, 2.45) is 0 Å². The zero-order valence-corrected chi connectivity index (χ0v) is 16.6. The summed E-state index contributed by atoms with van der Waals surface area (Å²) in [5.74, 6) is -0.489. The number of halogens is 1. The smallest absolute Gasteiger partial charge is 0.243 e. The van der Waals surface area contributed by atoms with E-state index in [0.29, 0.717) is 5.56 Å². The maximum absolute atomic E-state index is 14.5. The number of aromatic nitrogens is 4. The van der Waals surface area contributed by atoms with E-state index in [9.17, 15) is 9.18 Å². The number of aryl methyl sites for hydroxylation is 1. The molecule has 0 unspecified atom stereocenters. The van der Waals surface area contributed by atoms with Crippen molar-refractivity contribution in [1.82, 2.24) is 25.1 Å². The molecule has 0 aliphatic carbocycles. The summed E-state index contributed by atoms with van der Waals surface area (Å²) in [6, 6.07) is 4.90. The van der Waals surface area contributed by atoms with Crippen LogP contribution in [0.4, 0.5) is 16.0 Å². The van der Waals surface area contributed by atoms with Gasteiger partial charge in [-0.25, -0.2) is 14.4 Å². The van der Waals surface area contributed by atoms with Gasteiger partial charge in [0.1, 0.15) is 5.82 Å². The zero-order valence-electron chi connectivity index (χ0n) is 16.6. The highest BCUT2D eigenvalue weighted by molar-refractivity contribution is 5.86. The second kappa shape index (κ2) is 8.64. The van der Waals surface area contributed by atoms with E-state index >= 15 is 0 Å². The first-order valence-corrected chi connectivity index (χ1v) is 9.21. The van der Waals surface area contributed by atoms with Crippen LogP contribution in [0.1, 0.15) is 31.0 Å². The third-order valence-electron chi connectivity index (χ3n) is 4.31. The fraction of sp³-hybridized carbons (Fsp3) is 0.238. The van der Waals surface area contributed by atoms with Crippen LogP contribution in [0.5, 0.6) is 0 Å². The molecule has 1 amide bonds. The summed E-state index contributed by atoms with van der Waals surface area (Å²) in [5, 5.41) is 9.87. The molecule has 0 aliphatic rings. The average molecular weight is 394 g/mol. The van der Waals surface area contributed by atoms with Gasteiger partial charge in [0.25, 0.3) is 0 Å². The average Bonchev–Trinajstić information content (AvgIpc) is 3.19. The van der Waals surface area contributed by atoms with Crippen molar-refractivity contribution in [2.75, 3.05) is 5.32 Å². The molecule has 3 rings (SSSR count). The lowest BCUT2D eigenvalue weighted by molar-refractivity contribution is -0.116. The maximum atomic E-state index is 14.5. The Bertz CT molecular complexity index is 1040. The Kier molecular flexibility index (Phi) is 6.01. The van der Waals surface area contributed by atoms with Gasteiger partial charge in [-0.2, -0.15) is 5.10 Å². The van der Waals surface area contributed by atoms with Crippen LogP contribution in [0.25, 0.3) is 11.3 Å². The lowest BCUT2D eigenvalue weighted by Crippen LogP contribution is -2.20. The Labute approximate surface area is 168 Å². The Hall–Kier alpha value is -3.55. The number of amides is 1. The van der Waals surface area contributed by atoms with E-state index in [1.54, 1.807) is 24.5 Å². The van der Waals surface area contributed by atoms with Crippen LogP contribution in [0.2, 0.25) is 0 Å². The molecule has 0 saturated carbocycles. The first kappa shape index (κ1) is 20.2. The molecule has 2 N–H and O–H groups in total. The van der Waals surface area contributed by atoms with Crippen molar-refractivity contribution < 1.29 is 9.18 Å². The largest absolute Gasteiger partial charge is 0.348 e. The summed E-state index contributed by atoms with van der Waals surface area (Å²) in [6.07, 6.45) is 6.54. The zero-order chi connectivity index (χ0) is 21.0. The number of anilines is 2. The van der Waals surface area contributed by atoms with Gasteiger partial charge in [-0.15, -0.1) is 0 Å². The van der Waals surface area contributed by atoms with Gasteiger partial charge < -0.3 is 10.6 Å². The first-order chi connectivity index (χ1) is 13.9. The van der Waals surface area contributed by atoms with Crippen LogP contribution < -0.4 is 10.6 Å². The molecule has 29 heavy (non-hydrogen) atoms. The fourth-order valence-corrected chi connectivity index (χ4v) is 2.69. The Morgan fingerprint density at radius 2 is 2.14 bits per heavy atom. The number of hydrogen-bond acceptors (Lipinski definition) is 5. The van der Waals surface area contributed by atoms with Gasteiger partial charge in [-0.3, -0.25) is 9.48 Å². The van der Waals surface area contributed by atoms with Crippen LogP contribution >= 0.6 is 0 Å². The monoisotopic (exact) mass is 394 g/mol. The second-order valence-electron chi connectivity index (χ2n) is 6.89. The third-order valence-corrected chi connectivity index (χ3v) is 4.31. The molecule has 1 aromatic carbocycles. The number of hydrogen-bond donors (Lipinski definition) is 2. The molecule has 0 saturated heterocycles. The lowest BCUT2D eigenvalue weighted by Gasteiger charge is -2.10. The predicted molar refractivity (Wildman–Crippen MR) is 110 cm³/mol. The number of carbonyl (C=O) groups is 1. The molecule has 0 atom stereocenters. The normalized spacial score (nSPS) is 10.8. The van der Waals surface area contributed by atoms with Crippen molar-refractivity contribution in [3.63, 3.8) is 0 Å². The number of nitrogens with one attached hydrogen (secondary N) is 2. The second-order valence-corrected chi connectivity index (χ2v) is 6.89. The van der Waals surface area contributed by atoms with Crippen molar-refractivity contribution in [3.8, 4) is 11.3 Å². The molecule has 3 aromatic rings. The SMILES string of the molecule is C=CC(=O)NCc1ccc(Nc2ncc(C)c(-c3cnn(C(C)C)c3)n2)c(F)c1. The summed E-state index contributed by atoms with van der Waals surface area (Å²) < 4.78 is 16.3. The maximum Gasteiger partial charge on any atom is 0.243 e. The van der Waals surface area contributed by atoms with Gasteiger partial charge in [-0.05, 0) is 50.1 Å². The van der Waals surface area contributed by atoms with Crippen LogP contribution in [-0.4, -0.2) is 25.7 Å². The Morgan fingerprint density at radius 3 is 2.79 bits per heavy atom. The van der Waals surface area contributed by atoms with Gasteiger partial charge in [0.2, 0.25) is 11.9 Å². The predicted octanol–water partition coefficient (Wildman–Crippen LogP) is 3.91. The van der Waals surface area contributed by atoms with E-state index in [-0.39, 0.29) is 30.1 Å². The molecule has 0 bridgehead atoms. The molecule has 150 valence electrons. The summed E-state index contributed by atoms with van der Waals surface area (Å²) in [7, 11) is 0. The minimum Gasteiger partial charge on any atom is -0.348 e. The molecule has 0 aliphatic heterocycles. The minimum atomic E-state index is -0.464. The molecule has 0 spiro atoms. The van der Waals surface area contributed by atoms with E-state index in [4.69, 9.17) is 0 Å². The van der Waals surface area contributed by atoms with Crippen molar-refractivity contribution in [2.45, 2.75) is 33.4 Å². The number of nitrogens with zero attached hydrogens (tertiary/aromatic N) is 4. The van der Waals surface area contributed by atoms with Crippen molar-refractivity contribution in [3.05, 3.63) is 66.4 Å². The van der Waals surface area contributed by atoms with Crippen LogP contribution in [-0.2, 0) is 11.3 Å². The fourth-order valence-electron chi connectivity index (χ4n) is 2.69. The molecule has 2 aromatic heterocycles. The van der Waals surface area contributed by atoms with Gasteiger partial charge in [-0.1, -0.05) is 12.6 Å². The standard InChI is InChI=1S/C21H23FN6O/c1-5-19(29)23-10-15-6-7-18(17(22)8-15)26-21-24-9-14(4)20(27-21)16-11-25-28(12-16)13(2)3/h5-9,11-13H,1,10H2,2-4H3,(H,23,29)(H,24,26,27). The van der Waals surface area contributed by atoms with Crippen LogP contribution in [0.15, 0.2) is 49.4 Å². The lowest BCUT2D eigenvalue weighted by atomic mass is 10.1. The quantitative estimate of drug-likeness (QED) is 0.594.